The van der Waals surface area contributed by atoms with Gasteiger partial charge in [-0.3, -0.25) is 0 Å². The molecule has 0 saturated carbocycles. The molecule has 0 bridgehead atoms. The molecule has 0 amide bonds. The lowest BCUT2D eigenvalue weighted by atomic mass is 10.1. The van der Waals surface area contributed by atoms with Crippen molar-refractivity contribution in [2.24, 2.45) is 0 Å². The van der Waals surface area contributed by atoms with Gasteiger partial charge in [-0.2, -0.15) is 0 Å². The van der Waals surface area contributed by atoms with E-state index >= 15 is 0 Å². The van der Waals surface area contributed by atoms with Crippen molar-refractivity contribution in [3.05, 3.63) is 58.8 Å². The van der Waals surface area contributed by atoms with Crippen LogP contribution in [-0.2, 0) is 6.42 Å². The Labute approximate surface area is 127 Å². The molecule has 1 aromatic carbocycles. The van der Waals surface area contributed by atoms with Crippen LogP contribution in [0, 0.1) is 6.92 Å². The lowest BCUT2D eigenvalue weighted by Crippen LogP contribution is -2.06. The van der Waals surface area contributed by atoms with Gasteiger partial charge in [0.15, 0.2) is 0 Å². The first-order valence-corrected chi connectivity index (χ1v) is 7.70. The predicted molar refractivity (Wildman–Crippen MR) is 86.5 cm³/mol. The molecular weight excluding hydrogens is 280 g/mol. The van der Waals surface area contributed by atoms with E-state index in [0.29, 0.717) is 0 Å². The van der Waals surface area contributed by atoms with Crippen LogP contribution in [0.1, 0.15) is 10.6 Å². The summed E-state index contributed by atoms with van der Waals surface area (Å²) in [4.78, 5) is 12.5. The minimum absolute atomic E-state index is 0.853. The number of aromatic nitrogens is 3. The second kappa shape index (κ2) is 6.45. The molecule has 4 nitrogen and oxygen atoms in total. The van der Waals surface area contributed by atoms with E-state index in [0.717, 1.165) is 29.5 Å². The van der Waals surface area contributed by atoms with Crippen LogP contribution in [0.4, 0.5) is 5.82 Å². The van der Waals surface area contributed by atoms with Gasteiger partial charge in [-0.1, -0.05) is 24.3 Å². The summed E-state index contributed by atoms with van der Waals surface area (Å²) in [6.45, 7) is 2.88. The molecule has 0 aliphatic rings. The van der Waals surface area contributed by atoms with Gasteiger partial charge in [0.05, 0.1) is 10.7 Å². The molecule has 106 valence electrons. The van der Waals surface area contributed by atoms with E-state index in [1.165, 1.54) is 11.1 Å². The zero-order valence-electron chi connectivity index (χ0n) is 11.8. The second-order valence-electron chi connectivity index (χ2n) is 4.72. The molecule has 0 saturated heterocycles. The Morgan fingerprint density at radius 2 is 2.00 bits per heavy atom. The van der Waals surface area contributed by atoms with Crippen molar-refractivity contribution in [3.63, 3.8) is 0 Å². The van der Waals surface area contributed by atoms with Crippen LogP contribution in [0.3, 0.4) is 0 Å². The highest BCUT2D eigenvalue weighted by Gasteiger charge is 2.02. The van der Waals surface area contributed by atoms with Crippen LogP contribution in [0.15, 0.2) is 48.2 Å². The van der Waals surface area contributed by atoms with Gasteiger partial charge in [0.25, 0.3) is 0 Å². The zero-order valence-corrected chi connectivity index (χ0v) is 12.6. The monoisotopic (exact) mass is 296 g/mol. The van der Waals surface area contributed by atoms with Crippen molar-refractivity contribution in [2.75, 3.05) is 11.9 Å². The summed E-state index contributed by atoms with van der Waals surface area (Å²) >= 11 is 1.68. The molecule has 3 aromatic rings. The van der Waals surface area contributed by atoms with E-state index in [-0.39, 0.29) is 0 Å². The Balaban J connectivity index is 1.57. The highest BCUT2D eigenvalue weighted by molar-refractivity contribution is 7.09. The Kier molecular flexibility index (Phi) is 4.21. The fraction of sp³-hybridized carbons (Fsp3) is 0.188. The van der Waals surface area contributed by atoms with Crippen LogP contribution < -0.4 is 5.32 Å². The van der Waals surface area contributed by atoms with Crippen LogP contribution in [0.5, 0.6) is 0 Å². The standard InChI is InChI=1S/C16H16N4S/c1-12-20-15(10-21-12)14-4-2-13(3-5-14)6-9-18-16-7-8-17-11-19-16/h2-5,7-8,10-11H,6,9H2,1H3,(H,17,18,19). The molecule has 5 heteroatoms. The maximum Gasteiger partial charge on any atom is 0.129 e. The minimum atomic E-state index is 0.853. The number of nitrogens with one attached hydrogen (secondary N) is 1. The normalized spacial score (nSPS) is 10.5. The third-order valence-electron chi connectivity index (χ3n) is 3.17. The fourth-order valence-electron chi connectivity index (χ4n) is 2.07. The SMILES string of the molecule is Cc1nc(-c2ccc(CCNc3ccncn3)cc2)cs1. The predicted octanol–water partition coefficient (Wildman–Crippen LogP) is 3.56. The number of aryl methyl sites for hydroxylation is 1. The quantitative estimate of drug-likeness (QED) is 0.782. The summed E-state index contributed by atoms with van der Waals surface area (Å²) in [6.07, 6.45) is 4.24. The van der Waals surface area contributed by atoms with Gasteiger partial charge in [0, 0.05) is 23.7 Å². The summed E-state index contributed by atoms with van der Waals surface area (Å²) in [6, 6.07) is 10.5. The van der Waals surface area contributed by atoms with Crippen molar-refractivity contribution < 1.29 is 0 Å². The summed E-state index contributed by atoms with van der Waals surface area (Å²) < 4.78 is 0. The number of hydrogen-bond acceptors (Lipinski definition) is 5. The van der Waals surface area contributed by atoms with Gasteiger partial charge in [0.1, 0.15) is 12.1 Å². The molecule has 0 atom stereocenters. The Morgan fingerprint density at radius 3 is 2.67 bits per heavy atom. The number of anilines is 1. The van der Waals surface area contributed by atoms with Gasteiger partial charge in [-0.05, 0) is 25.0 Å². The zero-order chi connectivity index (χ0) is 14.5. The summed E-state index contributed by atoms with van der Waals surface area (Å²) in [5, 5.41) is 6.48. The van der Waals surface area contributed by atoms with Crippen LogP contribution >= 0.6 is 11.3 Å². The largest absolute Gasteiger partial charge is 0.370 e. The first-order valence-electron chi connectivity index (χ1n) is 6.82. The number of benzene rings is 1. The number of thiazole rings is 1. The maximum absolute atomic E-state index is 4.50. The smallest absolute Gasteiger partial charge is 0.129 e. The van der Waals surface area contributed by atoms with Crippen molar-refractivity contribution in [2.45, 2.75) is 13.3 Å². The maximum atomic E-state index is 4.50. The molecule has 21 heavy (non-hydrogen) atoms. The lowest BCUT2D eigenvalue weighted by molar-refractivity contribution is 0.999. The van der Waals surface area contributed by atoms with E-state index in [1.54, 1.807) is 23.9 Å². The van der Waals surface area contributed by atoms with Crippen molar-refractivity contribution in [1.82, 2.24) is 15.0 Å². The molecule has 0 radical (unpaired) electrons. The van der Waals surface area contributed by atoms with Crippen LogP contribution in [0.25, 0.3) is 11.3 Å². The van der Waals surface area contributed by atoms with Crippen molar-refractivity contribution >= 4 is 17.2 Å². The molecular formula is C16H16N4S. The molecule has 0 spiro atoms. The third-order valence-corrected chi connectivity index (χ3v) is 3.94. The molecule has 0 unspecified atom stereocenters. The van der Waals surface area contributed by atoms with Crippen molar-refractivity contribution in [3.8, 4) is 11.3 Å². The first kappa shape index (κ1) is 13.7. The summed E-state index contributed by atoms with van der Waals surface area (Å²) in [5.41, 5.74) is 3.53. The number of hydrogen-bond donors (Lipinski definition) is 1. The highest BCUT2D eigenvalue weighted by atomic mass is 32.1. The van der Waals surface area contributed by atoms with Gasteiger partial charge in [-0.25, -0.2) is 15.0 Å². The van der Waals surface area contributed by atoms with E-state index in [1.807, 2.05) is 13.0 Å². The van der Waals surface area contributed by atoms with Crippen LogP contribution in [0.2, 0.25) is 0 Å². The van der Waals surface area contributed by atoms with Gasteiger partial charge < -0.3 is 5.32 Å². The molecule has 0 aliphatic carbocycles. The highest BCUT2D eigenvalue weighted by Crippen LogP contribution is 2.21. The number of rotatable bonds is 5. The van der Waals surface area contributed by atoms with Gasteiger partial charge >= 0.3 is 0 Å². The van der Waals surface area contributed by atoms with E-state index in [4.69, 9.17) is 0 Å². The molecule has 2 heterocycles. The second-order valence-corrected chi connectivity index (χ2v) is 5.78. The van der Waals surface area contributed by atoms with E-state index < -0.39 is 0 Å². The van der Waals surface area contributed by atoms with Crippen LogP contribution in [-0.4, -0.2) is 21.5 Å². The average Bonchev–Trinajstić information content (AvgIpc) is 2.96. The fourth-order valence-corrected chi connectivity index (χ4v) is 2.69. The first-order chi connectivity index (χ1) is 10.3. The average molecular weight is 296 g/mol. The Hall–Kier alpha value is -2.27. The Bertz CT molecular complexity index is 692. The van der Waals surface area contributed by atoms with Gasteiger partial charge in [-0.15, -0.1) is 11.3 Å². The minimum Gasteiger partial charge on any atom is -0.370 e. The van der Waals surface area contributed by atoms with E-state index in [2.05, 4.69) is 49.9 Å². The summed E-state index contributed by atoms with van der Waals surface area (Å²) in [7, 11) is 0. The Morgan fingerprint density at radius 1 is 1.14 bits per heavy atom. The van der Waals surface area contributed by atoms with Gasteiger partial charge in [0.2, 0.25) is 0 Å². The molecule has 1 N–H and O–H groups in total. The van der Waals surface area contributed by atoms with Crippen molar-refractivity contribution in [1.29, 1.82) is 0 Å². The third kappa shape index (κ3) is 3.64. The molecule has 0 aliphatic heterocycles. The molecule has 2 aromatic heterocycles. The number of nitrogens with zero attached hydrogens (tertiary/aromatic N) is 3. The topological polar surface area (TPSA) is 50.7 Å². The summed E-state index contributed by atoms with van der Waals surface area (Å²) in [5.74, 6) is 0.861. The van der Waals surface area contributed by atoms with E-state index in [9.17, 15) is 0 Å². The lowest BCUT2D eigenvalue weighted by Gasteiger charge is -2.05. The molecule has 0 fully saturated rings. The molecule has 3 rings (SSSR count).